The minimum Gasteiger partial charge on any atom is -0.481 e. The van der Waals surface area contributed by atoms with E-state index < -0.39 is 54.3 Å². The highest BCUT2D eigenvalue weighted by molar-refractivity contribution is 7.80. The highest BCUT2D eigenvalue weighted by atomic mass is 32.1. The van der Waals surface area contributed by atoms with E-state index in [1.807, 2.05) is 13.8 Å². The summed E-state index contributed by atoms with van der Waals surface area (Å²) < 4.78 is 0. The zero-order valence-electron chi connectivity index (χ0n) is 17.0. The number of nitrogens with one attached hydrogen (secondary N) is 4. The van der Waals surface area contributed by atoms with Gasteiger partial charge in [0.05, 0.1) is 12.5 Å². The summed E-state index contributed by atoms with van der Waals surface area (Å²) in [5, 5.41) is 28.3. The van der Waals surface area contributed by atoms with Crippen LogP contribution in [-0.4, -0.2) is 76.3 Å². The maximum absolute atomic E-state index is 12.8. The Bertz CT molecular complexity index is 652. The number of hydrogen-bond donors (Lipinski definition) is 7. The SMILES string of the molecule is CC(C)CC(NC(=O)C1CCCN1)C(=O)NC(CC(=O)O)C(=O)NC(CS)C(=O)O. The van der Waals surface area contributed by atoms with E-state index in [1.54, 1.807) is 0 Å². The van der Waals surface area contributed by atoms with Gasteiger partial charge in [-0.05, 0) is 31.7 Å². The third-order valence-electron chi connectivity index (χ3n) is 4.53. The van der Waals surface area contributed by atoms with E-state index in [0.29, 0.717) is 13.0 Å². The highest BCUT2D eigenvalue weighted by Crippen LogP contribution is 2.09. The molecule has 12 heteroatoms. The molecule has 0 aromatic heterocycles. The van der Waals surface area contributed by atoms with Crippen molar-refractivity contribution < 1.29 is 34.2 Å². The molecule has 0 aromatic rings. The first-order chi connectivity index (χ1) is 14.0. The van der Waals surface area contributed by atoms with E-state index in [9.17, 15) is 24.0 Å². The molecule has 0 aliphatic carbocycles. The Balaban J connectivity index is 2.89. The second-order valence-corrected chi connectivity index (χ2v) is 7.95. The Morgan fingerprint density at radius 3 is 2.07 bits per heavy atom. The number of amides is 3. The van der Waals surface area contributed by atoms with Gasteiger partial charge >= 0.3 is 11.9 Å². The molecule has 170 valence electrons. The van der Waals surface area contributed by atoms with Gasteiger partial charge in [-0.2, -0.15) is 12.6 Å². The second-order valence-electron chi connectivity index (χ2n) is 7.58. The molecule has 1 aliphatic rings. The first kappa shape index (κ1) is 25.7. The lowest BCUT2D eigenvalue weighted by Crippen LogP contribution is -2.57. The van der Waals surface area contributed by atoms with Gasteiger partial charge in [-0.15, -0.1) is 0 Å². The fourth-order valence-corrected chi connectivity index (χ4v) is 3.25. The molecule has 30 heavy (non-hydrogen) atoms. The van der Waals surface area contributed by atoms with Gasteiger partial charge in [-0.1, -0.05) is 13.8 Å². The zero-order chi connectivity index (χ0) is 22.8. The molecule has 0 radical (unpaired) electrons. The maximum Gasteiger partial charge on any atom is 0.327 e. The molecule has 6 N–H and O–H groups in total. The van der Waals surface area contributed by atoms with E-state index >= 15 is 0 Å². The van der Waals surface area contributed by atoms with Crippen LogP contribution in [-0.2, 0) is 24.0 Å². The number of thiol groups is 1. The quantitative estimate of drug-likeness (QED) is 0.182. The molecule has 1 saturated heterocycles. The minimum absolute atomic E-state index is 0.0323. The van der Waals surface area contributed by atoms with Crippen molar-refractivity contribution in [3.63, 3.8) is 0 Å². The molecule has 0 bridgehead atoms. The smallest absolute Gasteiger partial charge is 0.327 e. The molecular weight excluding hydrogens is 416 g/mol. The summed E-state index contributed by atoms with van der Waals surface area (Å²) in [5.41, 5.74) is 0. The van der Waals surface area contributed by atoms with E-state index in [2.05, 4.69) is 33.9 Å². The van der Waals surface area contributed by atoms with Crippen LogP contribution in [0, 0.1) is 5.92 Å². The summed E-state index contributed by atoms with van der Waals surface area (Å²) >= 11 is 3.84. The molecule has 0 saturated carbocycles. The van der Waals surface area contributed by atoms with Crippen LogP contribution >= 0.6 is 12.6 Å². The Labute approximate surface area is 180 Å². The van der Waals surface area contributed by atoms with Crippen LogP contribution in [0.25, 0.3) is 0 Å². The van der Waals surface area contributed by atoms with Crippen LogP contribution in [0.15, 0.2) is 0 Å². The van der Waals surface area contributed by atoms with Crippen molar-refractivity contribution in [3.8, 4) is 0 Å². The van der Waals surface area contributed by atoms with E-state index in [4.69, 9.17) is 10.2 Å². The van der Waals surface area contributed by atoms with Crippen molar-refractivity contribution in [2.45, 2.75) is 63.7 Å². The van der Waals surface area contributed by atoms with Gasteiger partial charge < -0.3 is 31.5 Å². The first-order valence-electron chi connectivity index (χ1n) is 9.75. The van der Waals surface area contributed by atoms with Crippen molar-refractivity contribution >= 4 is 42.3 Å². The number of carboxylic acid groups (broad SMARTS) is 2. The van der Waals surface area contributed by atoms with Crippen molar-refractivity contribution in [2.24, 2.45) is 5.92 Å². The first-order valence-corrected chi connectivity index (χ1v) is 10.4. The highest BCUT2D eigenvalue weighted by Gasteiger charge is 2.32. The lowest BCUT2D eigenvalue weighted by molar-refractivity contribution is -0.143. The van der Waals surface area contributed by atoms with E-state index in [0.717, 1.165) is 6.42 Å². The Kier molecular flexibility index (Phi) is 10.6. The largest absolute Gasteiger partial charge is 0.481 e. The number of hydrogen-bond acceptors (Lipinski definition) is 7. The van der Waals surface area contributed by atoms with Gasteiger partial charge in [0.15, 0.2) is 0 Å². The summed E-state index contributed by atoms with van der Waals surface area (Å²) in [5.74, 6) is -4.89. The van der Waals surface area contributed by atoms with E-state index in [1.165, 1.54) is 0 Å². The molecule has 0 spiro atoms. The molecule has 3 amide bonds. The Morgan fingerprint density at radius 1 is 1.00 bits per heavy atom. The van der Waals surface area contributed by atoms with E-state index in [-0.39, 0.29) is 24.0 Å². The number of aliphatic carboxylic acids is 2. The summed E-state index contributed by atoms with van der Waals surface area (Å²) in [6, 6.07) is -4.22. The molecule has 0 aromatic carbocycles. The molecule has 11 nitrogen and oxygen atoms in total. The fourth-order valence-electron chi connectivity index (χ4n) is 3.00. The van der Waals surface area contributed by atoms with Gasteiger partial charge in [-0.25, -0.2) is 4.79 Å². The Hall–Kier alpha value is -2.34. The summed E-state index contributed by atoms with van der Waals surface area (Å²) in [7, 11) is 0. The summed E-state index contributed by atoms with van der Waals surface area (Å²) in [4.78, 5) is 59.8. The van der Waals surface area contributed by atoms with Crippen molar-refractivity contribution in [1.82, 2.24) is 21.3 Å². The fraction of sp³-hybridized carbons (Fsp3) is 0.722. The van der Waals surface area contributed by atoms with Gasteiger partial charge in [0.25, 0.3) is 0 Å². The number of carbonyl (C=O) groups excluding carboxylic acids is 3. The summed E-state index contributed by atoms with van der Waals surface area (Å²) in [6.45, 7) is 4.41. The van der Waals surface area contributed by atoms with Gasteiger partial charge in [-0.3, -0.25) is 19.2 Å². The standard InChI is InChI=1S/C18H30N4O7S/c1-9(2)6-11(20-15(25)10-4-3-5-19-10)16(26)21-12(7-14(23)24)17(27)22-13(8-30)18(28)29/h9-13,19,30H,3-8H2,1-2H3,(H,20,25)(H,21,26)(H,22,27)(H,23,24)(H,28,29). The van der Waals surface area contributed by atoms with Crippen molar-refractivity contribution in [1.29, 1.82) is 0 Å². The van der Waals surface area contributed by atoms with Gasteiger partial charge in [0.1, 0.15) is 18.1 Å². The Morgan fingerprint density at radius 2 is 1.60 bits per heavy atom. The lowest BCUT2D eigenvalue weighted by Gasteiger charge is -2.25. The average molecular weight is 447 g/mol. The molecule has 4 unspecified atom stereocenters. The van der Waals surface area contributed by atoms with Crippen LogP contribution in [0.1, 0.15) is 39.5 Å². The summed E-state index contributed by atoms with van der Waals surface area (Å²) in [6.07, 6.45) is 1.02. The molecule has 4 atom stereocenters. The zero-order valence-corrected chi connectivity index (χ0v) is 17.9. The number of carbonyl (C=O) groups is 5. The molecular formula is C18H30N4O7S. The van der Waals surface area contributed by atoms with Gasteiger partial charge in [0.2, 0.25) is 17.7 Å². The van der Waals surface area contributed by atoms with Crippen molar-refractivity contribution in [3.05, 3.63) is 0 Å². The monoisotopic (exact) mass is 446 g/mol. The number of rotatable bonds is 12. The molecule has 1 heterocycles. The van der Waals surface area contributed by atoms with Crippen LogP contribution in [0.4, 0.5) is 0 Å². The predicted octanol–water partition coefficient (Wildman–Crippen LogP) is -1.27. The molecule has 1 aliphatic heterocycles. The maximum atomic E-state index is 12.8. The normalized spacial score (nSPS) is 18.9. The molecule has 1 rings (SSSR count). The van der Waals surface area contributed by atoms with Crippen molar-refractivity contribution in [2.75, 3.05) is 12.3 Å². The predicted molar refractivity (Wildman–Crippen MR) is 110 cm³/mol. The third kappa shape index (κ3) is 8.57. The van der Waals surface area contributed by atoms with Crippen LogP contribution < -0.4 is 21.3 Å². The van der Waals surface area contributed by atoms with Gasteiger partial charge in [0, 0.05) is 5.75 Å². The average Bonchev–Trinajstić information content (AvgIpc) is 3.18. The van der Waals surface area contributed by atoms with Crippen LogP contribution in [0.2, 0.25) is 0 Å². The minimum atomic E-state index is -1.51. The van der Waals surface area contributed by atoms with Crippen LogP contribution in [0.5, 0.6) is 0 Å². The van der Waals surface area contributed by atoms with Crippen LogP contribution in [0.3, 0.4) is 0 Å². The topological polar surface area (TPSA) is 174 Å². The lowest BCUT2D eigenvalue weighted by atomic mass is 10.0. The molecule has 1 fully saturated rings. The third-order valence-corrected chi connectivity index (χ3v) is 4.89. The number of carboxylic acids is 2. The second kappa shape index (κ2) is 12.4.